The van der Waals surface area contributed by atoms with Crippen LogP contribution >= 0.6 is 0 Å². The van der Waals surface area contributed by atoms with Gasteiger partial charge in [-0.3, -0.25) is 0 Å². The Morgan fingerprint density at radius 3 is 1.38 bits per heavy atom. The molecule has 0 heterocycles. The summed E-state index contributed by atoms with van der Waals surface area (Å²) in [6, 6.07) is 0. The molecule has 16 heavy (non-hydrogen) atoms. The topological polar surface area (TPSA) is 0 Å². The molecule has 0 saturated carbocycles. The van der Waals surface area contributed by atoms with E-state index in [1.54, 1.807) is 0 Å². The summed E-state index contributed by atoms with van der Waals surface area (Å²) in [5.41, 5.74) is 0. The number of rotatable bonds is 12. The summed E-state index contributed by atoms with van der Waals surface area (Å²) in [6.07, 6.45) is 18.4. The van der Waals surface area contributed by atoms with E-state index in [4.69, 9.17) is 0 Å². The Hall–Kier alpha value is 0.312. The first-order valence-corrected chi connectivity index (χ1v) is 7.93. The van der Waals surface area contributed by atoms with E-state index >= 15 is 0 Å². The molecule has 1 heteroatoms. The Morgan fingerprint density at radius 1 is 0.625 bits per heavy atom. The van der Waals surface area contributed by atoms with Crippen LogP contribution in [0.3, 0.4) is 0 Å². The molecule has 0 aliphatic carbocycles. The molecule has 0 aliphatic heterocycles. The molecule has 0 aliphatic rings. The fourth-order valence-electron chi connectivity index (χ4n) is 2.07. The van der Waals surface area contributed by atoms with Crippen molar-refractivity contribution in [2.75, 3.05) is 0 Å². The minimum atomic E-state index is 1.15. The summed E-state index contributed by atoms with van der Waals surface area (Å²) in [4.78, 5) is 0. The van der Waals surface area contributed by atoms with Gasteiger partial charge in [0.1, 0.15) is 0 Å². The van der Waals surface area contributed by atoms with Gasteiger partial charge in [0.15, 0.2) is 0 Å². The van der Waals surface area contributed by atoms with Crippen LogP contribution in [0.2, 0.25) is 0 Å². The molecule has 0 amide bonds. The standard InChI is InChI=1S/C15H29.Al/c1-3-5-7-9-11-13-15-14-12-10-8-6-4-2;/h3-15H2,1H3;. The zero-order chi connectivity index (χ0) is 11.9. The van der Waals surface area contributed by atoms with Crippen LogP contribution in [0, 0.1) is 4.69 Å². The van der Waals surface area contributed by atoms with Gasteiger partial charge in [-0.15, -0.1) is 0 Å². The van der Waals surface area contributed by atoms with E-state index in [0.717, 1.165) is 6.42 Å². The molecule has 0 fully saturated rings. The van der Waals surface area contributed by atoms with Gasteiger partial charge in [-0.1, -0.05) is 19.8 Å². The number of unbranched alkanes of at least 4 members (excludes halogenated alkanes) is 12. The molecule has 0 bridgehead atoms. The first-order chi connectivity index (χ1) is 7.91. The normalized spacial score (nSPS) is 10.4. The third-order valence-electron chi connectivity index (χ3n) is 3.17. The van der Waals surface area contributed by atoms with Gasteiger partial charge in [-0.25, -0.2) is 0 Å². The van der Waals surface area contributed by atoms with Crippen molar-refractivity contribution in [2.45, 2.75) is 90.4 Å². The molecule has 0 aromatic rings. The van der Waals surface area contributed by atoms with Crippen LogP contribution in [0.15, 0.2) is 0 Å². The number of hydrogen-bond donors (Lipinski definition) is 0. The molecule has 0 radical (unpaired) electrons. The molecule has 0 rings (SSSR count). The van der Waals surface area contributed by atoms with Crippen molar-refractivity contribution in [3.63, 3.8) is 0 Å². The summed E-state index contributed by atoms with van der Waals surface area (Å²) >= 11 is 2.57. The van der Waals surface area contributed by atoms with Crippen molar-refractivity contribution >= 4 is 15.7 Å². The van der Waals surface area contributed by atoms with E-state index in [1.807, 2.05) is 0 Å². The minimum absolute atomic E-state index is 1.15. The van der Waals surface area contributed by atoms with Crippen LogP contribution in [0.5, 0.6) is 0 Å². The van der Waals surface area contributed by atoms with Crippen LogP contribution in [0.25, 0.3) is 0 Å². The van der Waals surface area contributed by atoms with E-state index in [2.05, 4.69) is 27.3 Å². The average Bonchev–Trinajstić information content (AvgIpc) is 2.31. The predicted octanol–water partition coefficient (Wildman–Crippen LogP) is 5.21. The van der Waals surface area contributed by atoms with Gasteiger partial charge in [0, 0.05) is 0 Å². The summed E-state index contributed by atoms with van der Waals surface area (Å²) in [5.74, 6) is 0. The van der Waals surface area contributed by atoms with Crippen LogP contribution < -0.4 is 0 Å². The van der Waals surface area contributed by atoms with Gasteiger partial charge in [-0.2, -0.15) is 0 Å². The van der Waals surface area contributed by atoms with E-state index in [1.165, 1.54) is 77.0 Å². The van der Waals surface area contributed by atoms with Crippen molar-refractivity contribution < 1.29 is 0 Å². The van der Waals surface area contributed by atoms with Gasteiger partial charge in [0.2, 0.25) is 0 Å². The summed E-state index contributed by atoms with van der Waals surface area (Å²) in [7, 11) is 0. The quantitative estimate of drug-likeness (QED) is 0.322. The Bertz CT molecular complexity index is 157. The fourth-order valence-corrected chi connectivity index (χ4v) is 2.27. The molecule has 92 valence electrons. The van der Waals surface area contributed by atoms with Crippen molar-refractivity contribution in [3.05, 3.63) is 0 Å². The Labute approximate surface area is 111 Å². The molecule has 0 nitrogen and oxygen atoms in total. The predicted molar refractivity (Wildman–Crippen MR) is 75.3 cm³/mol. The van der Waals surface area contributed by atoms with Crippen molar-refractivity contribution in [1.82, 2.24) is 0 Å². The molecule has 0 N–H and O–H groups in total. The fraction of sp³-hybridized carbons (Fsp3) is 0.933. The zero-order valence-corrected chi connectivity index (χ0v) is 12.4. The molecule has 0 aromatic heterocycles. The van der Waals surface area contributed by atoms with Gasteiger partial charge in [-0.05, 0) is 0 Å². The molecule has 0 saturated heterocycles. The molecular weight excluding hydrogens is 207 g/mol. The Kier molecular flexibility index (Phi) is 15.6. The first kappa shape index (κ1) is 16.3. The third-order valence-corrected chi connectivity index (χ3v) is 3.46. The Morgan fingerprint density at radius 2 is 1.00 bits per heavy atom. The zero-order valence-electron chi connectivity index (χ0n) is 11.3. The van der Waals surface area contributed by atoms with E-state index in [-0.39, 0.29) is 0 Å². The van der Waals surface area contributed by atoms with E-state index in [9.17, 15) is 0 Å². The first-order valence-electron chi connectivity index (χ1n) is 7.35. The maximum atomic E-state index is 3.12. The molecule has 0 spiro atoms. The van der Waals surface area contributed by atoms with Crippen LogP contribution in [0.1, 0.15) is 90.4 Å². The van der Waals surface area contributed by atoms with Gasteiger partial charge in [0.25, 0.3) is 0 Å². The summed E-state index contributed by atoms with van der Waals surface area (Å²) < 4.78 is 3.12. The second-order valence-corrected chi connectivity index (χ2v) is 5.25. The van der Waals surface area contributed by atoms with Crippen molar-refractivity contribution in [3.8, 4) is 4.69 Å². The van der Waals surface area contributed by atoms with Gasteiger partial charge < -0.3 is 0 Å². The van der Waals surface area contributed by atoms with E-state index in [0.29, 0.717) is 0 Å². The van der Waals surface area contributed by atoms with Crippen LogP contribution in [-0.2, 0) is 0 Å². The summed E-state index contributed by atoms with van der Waals surface area (Å²) in [5, 5.41) is 0. The van der Waals surface area contributed by atoms with Crippen molar-refractivity contribution in [1.29, 1.82) is 0 Å². The third kappa shape index (κ3) is 14.3. The van der Waals surface area contributed by atoms with E-state index < -0.39 is 0 Å². The Balaban J connectivity index is 2.86. The van der Waals surface area contributed by atoms with Gasteiger partial charge >= 0.3 is 91.0 Å². The SMILES string of the molecule is CCCCCCCCCCCCCC[C]#[Al]. The monoisotopic (exact) mass is 236 g/mol. The van der Waals surface area contributed by atoms with Crippen molar-refractivity contribution in [2.24, 2.45) is 0 Å². The summed E-state index contributed by atoms with van der Waals surface area (Å²) in [6.45, 7) is 2.28. The molecular formula is C15H29Al. The van der Waals surface area contributed by atoms with Gasteiger partial charge in [0.05, 0.1) is 0 Å². The maximum absolute atomic E-state index is 3.12. The molecule has 0 aromatic carbocycles. The molecule has 0 unspecified atom stereocenters. The average molecular weight is 236 g/mol. The number of hydrogen-bond acceptors (Lipinski definition) is 0. The second kappa shape index (κ2) is 15.3. The second-order valence-electron chi connectivity index (χ2n) is 4.84. The van der Waals surface area contributed by atoms with Crippen LogP contribution in [0.4, 0.5) is 0 Å². The molecule has 0 atom stereocenters. The van der Waals surface area contributed by atoms with Crippen LogP contribution in [-0.4, -0.2) is 15.7 Å².